The number of benzene rings is 1. The van der Waals surface area contributed by atoms with E-state index in [4.69, 9.17) is 0 Å². The van der Waals surface area contributed by atoms with Gasteiger partial charge in [0.15, 0.2) is 9.84 Å². The molecule has 0 heterocycles. The minimum atomic E-state index is -3.43. The number of hydrogen-bond donors (Lipinski definition) is 1. The zero-order chi connectivity index (χ0) is 11.5. The van der Waals surface area contributed by atoms with Crippen LogP contribution in [0, 0.1) is 0 Å². The third kappa shape index (κ3) is 2.90. The molecule has 1 rings (SSSR count). The lowest BCUT2D eigenvalue weighted by Crippen LogP contribution is -1.97. The molecule has 0 saturated carbocycles. The van der Waals surface area contributed by atoms with Gasteiger partial charge in [0.05, 0.1) is 6.54 Å². The molecule has 0 aliphatic heterocycles. The van der Waals surface area contributed by atoms with Gasteiger partial charge >= 0.3 is 0 Å². The first-order valence-corrected chi connectivity index (χ1v) is 5.90. The first-order valence-electron chi connectivity index (χ1n) is 4.00. The molecule has 1 aromatic carbocycles. The lowest BCUT2D eigenvalue weighted by atomic mass is 10.2. The van der Waals surface area contributed by atoms with Crippen molar-refractivity contribution in [2.24, 2.45) is 4.99 Å². The fraction of sp³-hybridized carbons (Fsp3) is 0.222. The van der Waals surface area contributed by atoms with Crippen molar-refractivity contribution in [3.05, 3.63) is 23.8 Å². The first kappa shape index (κ1) is 11.4. The van der Waals surface area contributed by atoms with Gasteiger partial charge in [-0.1, -0.05) is 6.07 Å². The monoisotopic (exact) mass is 227 g/mol. The molecule has 0 aromatic heterocycles. The smallest absolute Gasteiger partial charge is 0.235 e. The lowest BCUT2D eigenvalue weighted by molar-refractivity contribution is 0.458. The largest absolute Gasteiger partial charge is 0.507 e. The number of isocyanates is 1. The summed E-state index contributed by atoms with van der Waals surface area (Å²) in [4.78, 5) is 13.0. The number of nitrogens with zero attached hydrogens (tertiary/aromatic N) is 1. The van der Waals surface area contributed by atoms with Crippen molar-refractivity contribution < 1.29 is 18.3 Å². The molecule has 0 saturated heterocycles. The van der Waals surface area contributed by atoms with Gasteiger partial charge in [-0.2, -0.15) is 0 Å². The highest BCUT2D eigenvalue weighted by molar-refractivity contribution is 7.90. The van der Waals surface area contributed by atoms with E-state index in [1.807, 2.05) is 0 Å². The summed E-state index contributed by atoms with van der Waals surface area (Å²) in [5.41, 5.74) is 0.545. The van der Waals surface area contributed by atoms with E-state index in [9.17, 15) is 18.3 Å². The summed E-state index contributed by atoms with van der Waals surface area (Å²) in [7, 11) is -3.43. The quantitative estimate of drug-likeness (QED) is 0.606. The Morgan fingerprint density at radius 2 is 2.13 bits per heavy atom. The summed E-state index contributed by atoms with van der Waals surface area (Å²) < 4.78 is 22.3. The van der Waals surface area contributed by atoms with Gasteiger partial charge < -0.3 is 5.11 Å². The predicted molar refractivity (Wildman–Crippen MR) is 53.0 cm³/mol. The molecule has 0 atom stereocenters. The van der Waals surface area contributed by atoms with Crippen molar-refractivity contribution in [3.8, 4) is 5.75 Å². The number of sulfone groups is 1. The van der Waals surface area contributed by atoms with Crippen LogP contribution in [0.2, 0.25) is 0 Å². The SMILES string of the molecule is CS(=O)(=O)c1ccc(CN=C=O)cc1O. The highest BCUT2D eigenvalue weighted by Gasteiger charge is 2.12. The van der Waals surface area contributed by atoms with E-state index >= 15 is 0 Å². The lowest BCUT2D eigenvalue weighted by Gasteiger charge is -2.03. The molecule has 0 aliphatic carbocycles. The van der Waals surface area contributed by atoms with E-state index in [1.165, 1.54) is 24.3 Å². The second kappa shape index (κ2) is 4.25. The summed E-state index contributed by atoms with van der Waals surface area (Å²) >= 11 is 0. The Kier molecular flexibility index (Phi) is 3.24. The standard InChI is InChI=1S/C9H9NO4S/c1-15(13,14)9-3-2-7(4-8(9)12)5-10-6-11/h2-4,12H,5H2,1H3. The second-order valence-corrected chi connectivity index (χ2v) is 4.97. The van der Waals surface area contributed by atoms with Crippen LogP contribution >= 0.6 is 0 Å². The molecular weight excluding hydrogens is 218 g/mol. The number of carbonyl (C=O) groups excluding carboxylic acids is 1. The van der Waals surface area contributed by atoms with Crippen molar-refractivity contribution in [2.75, 3.05) is 6.26 Å². The Labute approximate surface area is 87.0 Å². The number of rotatable bonds is 3. The number of aromatic hydroxyl groups is 1. The number of phenols is 1. The summed E-state index contributed by atoms with van der Waals surface area (Å²) in [6.07, 6.45) is 2.36. The molecule has 1 N–H and O–H groups in total. The molecule has 0 fully saturated rings. The average Bonchev–Trinajstić information content (AvgIpc) is 2.12. The molecular formula is C9H9NO4S. The van der Waals surface area contributed by atoms with E-state index in [0.717, 1.165) is 6.26 Å². The fourth-order valence-electron chi connectivity index (χ4n) is 1.10. The van der Waals surface area contributed by atoms with Crippen LogP contribution < -0.4 is 0 Å². The van der Waals surface area contributed by atoms with Crippen LogP contribution in [0.4, 0.5) is 0 Å². The van der Waals surface area contributed by atoms with Crippen molar-refractivity contribution in [2.45, 2.75) is 11.4 Å². The maximum absolute atomic E-state index is 11.1. The Hall–Kier alpha value is -1.65. The maximum Gasteiger partial charge on any atom is 0.235 e. The number of aliphatic imine (C=N–C) groups is 1. The van der Waals surface area contributed by atoms with E-state index in [0.29, 0.717) is 5.56 Å². The number of hydrogen-bond acceptors (Lipinski definition) is 5. The molecule has 0 aliphatic rings. The van der Waals surface area contributed by atoms with Crippen molar-refractivity contribution in [1.82, 2.24) is 0 Å². The van der Waals surface area contributed by atoms with E-state index in [-0.39, 0.29) is 17.2 Å². The molecule has 6 heteroatoms. The average molecular weight is 227 g/mol. The molecule has 5 nitrogen and oxygen atoms in total. The Bertz CT molecular complexity index is 515. The Morgan fingerprint density at radius 3 is 2.60 bits per heavy atom. The van der Waals surface area contributed by atoms with Gasteiger partial charge in [0.2, 0.25) is 6.08 Å². The summed E-state index contributed by atoms with van der Waals surface area (Å²) in [6, 6.07) is 4.02. The summed E-state index contributed by atoms with van der Waals surface area (Å²) in [5, 5.41) is 9.41. The van der Waals surface area contributed by atoms with Crippen molar-refractivity contribution in [1.29, 1.82) is 0 Å². The van der Waals surface area contributed by atoms with E-state index < -0.39 is 9.84 Å². The molecule has 15 heavy (non-hydrogen) atoms. The highest BCUT2D eigenvalue weighted by atomic mass is 32.2. The Balaban J connectivity index is 3.14. The predicted octanol–water partition coefficient (Wildman–Crippen LogP) is 0.632. The fourth-order valence-corrected chi connectivity index (χ4v) is 1.85. The molecule has 0 bridgehead atoms. The third-order valence-electron chi connectivity index (χ3n) is 1.75. The van der Waals surface area contributed by atoms with Gasteiger partial charge in [0, 0.05) is 6.26 Å². The van der Waals surface area contributed by atoms with Gasteiger partial charge in [0.25, 0.3) is 0 Å². The van der Waals surface area contributed by atoms with Crippen LogP contribution in [0.3, 0.4) is 0 Å². The molecule has 0 radical (unpaired) electrons. The highest BCUT2D eigenvalue weighted by Crippen LogP contribution is 2.23. The van der Waals surface area contributed by atoms with Gasteiger partial charge in [-0.25, -0.2) is 18.2 Å². The van der Waals surface area contributed by atoms with Crippen LogP contribution in [0.1, 0.15) is 5.56 Å². The maximum atomic E-state index is 11.1. The normalized spacial score (nSPS) is 10.7. The van der Waals surface area contributed by atoms with Crippen LogP contribution in [0.25, 0.3) is 0 Å². The summed E-state index contributed by atoms with van der Waals surface area (Å²) in [6.45, 7) is 0.0705. The minimum Gasteiger partial charge on any atom is -0.507 e. The van der Waals surface area contributed by atoms with Crippen LogP contribution in [-0.2, 0) is 21.2 Å². The van der Waals surface area contributed by atoms with Gasteiger partial charge in [0.1, 0.15) is 10.6 Å². The third-order valence-corrected chi connectivity index (χ3v) is 2.89. The molecule has 0 unspecified atom stereocenters. The molecule has 1 aromatic rings. The van der Waals surface area contributed by atoms with Gasteiger partial charge in [-0.15, -0.1) is 0 Å². The Morgan fingerprint density at radius 1 is 1.47 bits per heavy atom. The minimum absolute atomic E-state index is 0.0705. The zero-order valence-corrected chi connectivity index (χ0v) is 8.78. The topological polar surface area (TPSA) is 83.8 Å². The van der Waals surface area contributed by atoms with Crippen molar-refractivity contribution in [3.63, 3.8) is 0 Å². The molecule has 0 amide bonds. The van der Waals surface area contributed by atoms with Crippen LogP contribution in [0.15, 0.2) is 28.1 Å². The zero-order valence-electron chi connectivity index (χ0n) is 7.97. The first-order chi connectivity index (χ1) is 6.95. The van der Waals surface area contributed by atoms with E-state index in [2.05, 4.69) is 4.99 Å². The van der Waals surface area contributed by atoms with Gasteiger partial charge in [-0.3, -0.25) is 0 Å². The second-order valence-electron chi connectivity index (χ2n) is 2.98. The van der Waals surface area contributed by atoms with E-state index in [1.54, 1.807) is 0 Å². The van der Waals surface area contributed by atoms with Crippen LogP contribution in [-0.4, -0.2) is 25.9 Å². The molecule has 0 spiro atoms. The summed E-state index contributed by atoms with van der Waals surface area (Å²) in [5.74, 6) is -0.337. The van der Waals surface area contributed by atoms with Crippen LogP contribution in [0.5, 0.6) is 5.75 Å². The number of phenolic OH excluding ortho intramolecular Hbond substituents is 1. The molecule has 80 valence electrons. The van der Waals surface area contributed by atoms with Gasteiger partial charge in [-0.05, 0) is 17.7 Å². The van der Waals surface area contributed by atoms with Crippen molar-refractivity contribution >= 4 is 15.9 Å².